The van der Waals surface area contributed by atoms with Crippen LogP contribution in [0.3, 0.4) is 0 Å². The first-order valence-electron chi connectivity index (χ1n) is 14.2. The molecule has 1 atom stereocenters. The minimum atomic E-state index is -4.27. The lowest BCUT2D eigenvalue weighted by Gasteiger charge is -2.38. The van der Waals surface area contributed by atoms with Gasteiger partial charge in [-0.25, -0.2) is 12.7 Å². The number of fused-ring (bicyclic) bond motifs is 2. The molecule has 0 radical (unpaired) electrons. The summed E-state index contributed by atoms with van der Waals surface area (Å²) in [6.45, 7) is -0.0627. The van der Waals surface area contributed by atoms with E-state index >= 15 is 0 Å². The normalized spacial score (nSPS) is 14.1. The molecule has 1 aliphatic rings. The smallest absolute Gasteiger partial charge is 0.303 e. The summed E-state index contributed by atoms with van der Waals surface area (Å²) in [6.07, 6.45) is 1.78. The van der Waals surface area contributed by atoms with Gasteiger partial charge in [0.25, 0.3) is 10.0 Å². The molecule has 0 saturated carbocycles. The van der Waals surface area contributed by atoms with Crippen LogP contribution in [-0.4, -0.2) is 43.3 Å². The molecule has 1 heterocycles. The van der Waals surface area contributed by atoms with E-state index < -0.39 is 27.8 Å². The number of carboxylic acids is 1. The van der Waals surface area contributed by atoms with Gasteiger partial charge in [-0.1, -0.05) is 79.2 Å². The number of hydrogen-bond acceptors (Lipinski definition) is 5. The second-order valence-electron chi connectivity index (χ2n) is 10.6. The third-order valence-electron chi connectivity index (χ3n) is 7.82. The van der Waals surface area contributed by atoms with Crippen molar-refractivity contribution in [3.63, 3.8) is 0 Å². The molecule has 0 fully saturated rings. The number of para-hydroxylation sites is 1. The number of amides is 1. The molecule has 9 heteroatoms. The number of benzene rings is 4. The van der Waals surface area contributed by atoms with E-state index in [0.29, 0.717) is 30.2 Å². The maximum Gasteiger partial charge on any atom is 0.303 e. The van der Waals surface area contributed by atoms with Gasteiger partial charge in [0.15, 0.2) is 0 Å². The van der Waals surface area contributed by atoms with Crippen LogP contribution >= 0.6 is 15.9 Å². The second kappa shape index (κ2) is 13.1. The summed E-state index contributed by atoms with van der Waals surface area (Å²) in [6, 6.07) is 30.0. The summed E-state index contributed by atoms with van der Waals surface area (Å²) in [5, 5.41) is 9.06. The number of halogens is 1. The molecule has 4 aromatic rings. The highest BCUT2D eigenvalue weighted by Crippen LogP contribution is 2.47. The van der Waals surface area contributed by atoms with Crippen molar-refractivity contribution in [3.8, 4) is 0 Å². The van der Waals surface area contributed by atoms with Crippen LogP contribution in [0.25, 0.3) is 0 Å². The molecule has 222 valence electrons. The van der Waals surface area contributed by atoms with Gasteiger partial charge < -0.3 is 10.0 Å². The van der Waals surface area contributed by atoms with E-state index in [1.54, 1.807) is 18.2 Å². The molecular weight excluding hydrogens is 628 g/mol. The van der Waals surface area contributed by atoms with Crippen LogP contribution in [-0.2, 0) is 26.0 Å². The fourth-order valence-corrected chi connectivity index (χ4v) is 8.16. The summed E-state index contributed by atoms with van der Waals surface area (Å²) < 4.78 is 29.9. The van der Waals surface area contributed by atoms with Gasteiger partial charge in [-0.2, -0.15) is 0 Å². The Balaban J connectivity index is 1.63. The lowest BCUT2D eigenvalue weighted by atomic mass is 9.80. The van der Waals surface area contributed by atoms with E-state index in [2.05, 4.69) is 20.8 Å². The Morgan fingerprint density at radius 3 is 2.26 bits per heavy atom. The minimum Gasteiger partial charge on any atom is -0.481 e. The predicted molar refractivity (Wildman–Crippen MR) is 171 cm³/mol. The van der Waals surface area contributed by atoms with E-state index in [9.17, 15) is 18.0 Å². The van der Waals surface area contributed by atoms with E-state index in [0.717, 1.165) is 37.9 Å². The Bertz CT molecular complexity index is 1740. The molecule has 0 aromatic heterocycles. The van der Waals surface area contributed by atoms with Crippen molar-refractivity contribution in [2.24, 2.45) is 0 Å². The molecule has 0 bridgehead atoms. The number of anilines is 2. The maximum atomic E-state index is 14.9. The number of unbranched alkanes of at least 4 members (excludes halogenated alkanes) is 2. The summed E-state index contributed by atoms with van der Waals surface area (Å²) in [5.74, 6) is -2.30. The van der Waals surface area contributed by atoms with E-state index in [1.807, 2.05) is 79.8 Å². The quantitative estimate of drug-likeness (QED) is 0.172. The molecule has 1 unspecified atom stereocenters. The number of hydrogen-bond donors (Lipinski definition) is 1. The second-order valence-corrected chi connectivity index (χ2v) is 13.3. The zero-order chi connectivity index (χ0) is 30.6. The van der Waals surface area contributed by atoms with E-state index in [1.165, 1.54) is 6.07 Å². The minimum absolute atomic E-state index is 0.00731. The van der Waals surface area contributed by atoms with Crippen LogP contribution in [0.2, 0.25) is 0 Å². The molecule has 1 amide bonds. The third kappa shape index (κ3) is 6.38. The van der Waals surface area contributed by atoms with Gasteiger partial charge in [-0.3, -0.25) is 9.59 Å². The monoisotopic (exact) mass is 660 g/mol. The molecule has 5 rings (SSSR count). The molecule has 1 N–H and O–H groups in total. The highest BCUT2D eigenvalue weighted by atomic mass is 79.9. The fraction of sp³-hybridized carbons (Fsp3) is 0.235. The lowest BCUT2D eigenvalue weighted by molar-refractivity contribution is -0.137. The number of carbonyl (C=O) groups excluding carboxylic acids is 1. The molecule has 1 aliphatic heterocycles. The van der Waals surface area contributed by atoms with Crippen molar-refractivity contribution < 1.29 is 23.1 Å². The first-order valence-corrected chi connectivity index (χ1v) is 16.4. The Hall–Kier alpha value is -3.95. The molecule has 0 spiro atoms. The van der Waals surface area contributed by atoms with Gasteiger partial charge in [-0.05, 0) is 81.7 Å². The largest absolute Gasteiger partial charge is 0.481 e. The summed E-state index contributed by atoms with van der Waals surface area (Å²) in [5.41, 5.74) is 5.25. The Kier molecular flexibility index (Phi) is 9.32. The van der Waals surface area contributed by atoms with Crippen LogP contribution in [0, 0.1) is 0 Å². The molecule has 0 saturated heterocycles. The van der Waals surface area contributed by atoms with Crippen LogP contribution < -0.4 is 4.90 Å². The van der Waals surface area contributed by atoms with Crippen LogP contribution in [0.4, 0.5) is 11.4 Å². The van der Waals surface area contributed by atoms with Crippen molar-refractivity contribution >= 4 is 49.2 Å². The van der Waals surface area contributed by atoms with Gasteiger partial charge in [0.2, 0.25) is 5.91 Å². The Morgan fingerprint density at radius 2 is 1.51 bits per heavy atom. The average Bonchev–Trinajstić information content (AvgIpc) is 2.99. The van der Waals surface area contributed by atoms with Gasteiger partial charge in [-0.15, -0.1) is 0 Å². The summed E-state index contributed by atoms with van der Waals surface area (Å²) in [7, 11) is -2.31. The van der Waals surface area contributed by atoms with Crippen LogP contribution in [0.15, 0.2) is 106 Å². The average molecular weight is 662 g/mol. The zero-order valence-electron chi connectivity index (χ0n) is 23.8. The fourth-order valence-electron chi connectivity index (χ4n) is 5.75. The van der Waals surface area contributed by atoms with Gasteiger partial charge in [0.05, 0.1) is 5.92 Å². The molecule has 7 nitrogen and oxygen atoms in total. The Labute approximate surface area is 261 Å². The van der Waals surface area contributed by atoms with Crippen molar-refractivity contribution in [3.05, 3.63) is 124 Å². The number of rotatable bonds is 11. The van der Waals surface area contributed by atoms with Crippen molar-refractivity contribution in [2.75, 3.05) is 18.5 Å². The topological polar surface area (TPSA) is 95.0 Å². The predicted octanol–water partition coefficient (Wildman–Crippen LogP) is 7.12. The van der Waals surface area contributed by atoms with Gasteiger partial charge in [0, 0.05) is 35.9 Å². The number of carbonyl (C=O) groups is 2. The van der Waals surface area contributed by atoms with Crippen LogP contribution in [0.1, 0.15) is 53.9 Å². The SMILES string of the molecule is CN1c2ccccc2C(C(=O)N(CCCCCC(=O)O)S(=O)(=O)c2ccccc2Br)c2c(Cc3ccccc3)cccc21. The van der Waals surface area contributed by atoms with Crippen molar-refractivity contribution in [1.29, 1.82) is 0 Å². The van der Waals surface area contributed by atoms with Crippen LogP contribution in [0.5, 0.6) is 0 Å². The van der Waals surface area contributed by atoms with Gasteiger partial charge in [0.1, 0.15) is 4.90 Å². The number of carboxylic acid groups (broad SMARTS) is 1. The van der Waals surface area contributed by atoms with Crippen molar-refractivity contribution in [2.45, 2.75) is 42.9 Å². The highest BCUT2D eigenvalue weighted by Gasteiger charge is 2.41. The standard InChI is InChI=1S/C34H33BrN2O5S/c1-36-28-18-9-7-16-26(28)33(32-25(15-12-19-29(32)36)23-24-13-4-2-5-14-24)34(40)37(22-11-3-6-21-31(38)39)43(41,42)30-20-10-8-17-27(30)35/h2,4-5,7-10,12-20,33H,3,6,11,21-23H2,1H3,(H,38,39). The molecule has 43 heavy (non-hydrogen) atoms. The molecule has 0 aliphatic carbocycles. The number of aliphatic carboxylic acids is 1. The zero-order valence-corrected chi connectivity index (χ0v) is 26.2. The third-order valence-corrected chi connectivity index (χ3v) is 10.6. The van der Waals surface area contributed by atoms with Crippen molar-refractivity contribution in [1.82, 2.24) is 4.31 Å². The first kappa shape index (κ1) is 30.5. The first-order chi connectivity index (χ1) is 20.7. The Morgan fingerprint density at radius 1 is 0.837 bits per heavy atom. The van der Waals surface area contributed by atoms with E-state index in [-0.39, 0.29) is 17.9 Å². The van der Waals surface area contributed by atoms with Gasteiger partial charge >= 0.3 is 5.97 Å². The molecular formula is C34H33BrN2O5S. The highest BCUT2D eigenvalue weighted by molar-refractivity contribution is 9.10. The van der Waals surface area contributed by atoms with E-state index in [4.69, 9.17) is 5.11 Å². The summed E-state index contributed by atoms with van der Waals surface area (Å²) in [4.78, 5) is 28.0. The number of nitrogens with zero attached hydrogens (tertiary/aromatic N) is 2. The maximum absolute atomic E-state index is 14.9. The molecule has 4 aromatic carbocycles. The summed E-state index contributed by atoms with van der Waals surface area (Å²) >= 11 is 3.37. The number of sulfonamides is 1. The lowest BCUT2D eigenvalue weighted by Crippen LogP contribution is -2.42.